The third-order valence-electron chi connectivity index (χ3n) is 14.5. The number of carbonyl (C=O) groups excluding carboxylic acids is 4. The third-order valence-corrected chi connectivity index (χ3v) is 15.7. The number of morpholine rings is 1. The normalized spacial score (nSPS) is 29.4. The van der Waals surface area contributed by atoms with Crippen LogP contribution in [-0.4, -0.2) is 133 Å². The fraction of sp³-hybridized carbons (Fsp3) is 0.660. The molecule has 6 fully saturated rings. The summed E-state index contributed by atoms with van der Waals surface area (Å²) in [5.41, 5.74) is 0.340. The van der Waals surface area contributed by atoms with Crippen molar-refractivity contribution in [2.24, 2.45) is 22.2 Å². The molecule has 18 heteroatoms. The largest absolute Gasteiger partial charge is 0.491 e. The first-order chi connectivity index (χ1) is 31.0. The highest BCUT2D eigenvalue weighted by atomic mass is 35.5. The van der Waals surface area contributed by atoms with Crippen LogP contribution in [0.5, 0.6) is 11.5 Å². The lowest BCUT2D eigenvalue weighted by molar-refractivity contribution is -0.148. The van der Waals surface area contributed by atoms with Crippen LogP contribution in [0.25, 0.3) is 22.3 Å². The van der Waals surface area contributed by atoms with E-state index in [1.807, 2.05) is 53.0 Å². The number of pyridine rings is 1. The van der Waals surface area contributed by atoms with E-state index in [2.05, 4.69) is 20.9 Å². The molecular formula is C47H62ClN7O9S. The molecule has 4 aliphatic carbocycles. The highest BCUT2D eigenvalue weighted by molar-refractivity contribution is 7.14. The number of fused-ring (bicyclic) bond motifs is 1. The second-order valence-electron chi connectivity index (χ2n) is 20.5. The Balaban J connectivity index is 1.01. The van der Waals surface area contributed by atoms with Gasteiger partial charge in [0.2, 0.25) is 11.8 Å². The first-order valence-electron chi connectivity index (χ1n) is 23.1. The first-order valence-corrected chi connectivity index (χ1v) is 24.4. The number of likely N-dealkylation sites (tertiary alicyclic amines) is 1. The number of aromatic nitrogens is 2. The van der Waals surface area contributed by atoms with Gasteiger partial charge in [-0.25, -0.2) is 19.6 Å². The zero-order chi connectivity index (χ0) is 46.1. The zero-order valence-corrected chi connectivity index (χ0v) is 40.0. The summed E-state index contributed by atoms with van der Waals surface area (Å²) in [6.07, 6.45) is 3.82. The van der Waals surface area contributed by atoms with Gasteiger partial charge in [0.1, 0.15) is 58.7 Å². The van der Waals surface area contributed by atoms with Gasteiger partial charge < -0.3 is 44.5 Å². The number of ether oxygens (including phenoxy) is 5. The van der Waals surface area contributed by atoms with Crippen LogP contribution in [0.3, 0.4) is 0 Å². The Bertz CT molecular complexity index is 2330. The van der Waals surface area contributed by atoms with Gasteiger partial charge in [-0.2, -0.15) is 0 Å². The SMILES string of the molecule is CC[C@@H]1C[C@]1(NC(=O)[C@@H]1C[C@@H](Oc2cc(-c3csc(NC(C)C)n3)nc3c(Cl)c(OCCN4CCOCC4)ccc23)CN1C(=O)[C@@H](NC(=O)OC1CC23CC2(C1)C3)C(C)(C)C)C(=O)OC. The molecule has 0 radical (unpaired) electrons. The molecule has 4 saturated carbocycles. The number of amides is 3. The van der Waals surface area contributed by atoms with Crippen molar-refractivity contribution >= 4 is 62.8 Å². The molecule has 0 bridgehead atoms. The lowest BCUT2D eigenvalue weighted by Gasteiger charge is -2.35. The maximum Gasteiger partial charge on any atom is 0.408 e. The molecule has 3 N–H and O–H groups in total. The Morgan fingerprint density at radius 3 is 2.42 bits per heavy atom. The van der Waals surface area contributed by atoms with Crippen molar-refractivity contribution < 1.29 is 42.9 Å². The smallest absolute Gasteiger partial charge is 0.408 e. The van der Waals surface area contributed by atoms with Crippen LogP contribution in [0.2, 0.25) is 5.02 Å². The van der Waals surface area contributed by atoms with Crippen LogP contribution in [-0.2, 0) is 28.6 Å². The summed E-state index contributed by atoms with van der Waals surface area (Å²) < 4.78 is 29.7. The lowest BCUT2D eigenvalue weighted by atomic mass is 9.85. The van der Waals surface area contributed by atoms with E-state index >= 15 is 0 Å². The molecule has 4 heterocycles. The van der Waals surface area contributed by atoms with Gasteiger partial charge in [-0.05, 0) is 80.2 Å². The Labute approximate surface area is 389 Å². The topological polar surface area (TPSA) is 183 Å². The molecule has 3 aromatic rings. The summed E-state index contributed by atoms with van der Waals surface area (Å²) in [7, 11) is 1.31. The molecule has 2 saturated heterocycles. The minimum atomic E-state index is -1.19. The lowest BCUT2D eigenvalue weighted by Crippen LogP contribution is -2.59. The number of hydrogen-bond donors (Lipinski definition) is 3. The van der Waals surface area contributed by atoms with Gasteiger partial charge in [0.05, 0.1) is 38.1 Å². The number of thiazole rings is 1. The molecule has 6 aliphatic rings. The number of halogens is 1. The standard InChI is InChI=1S/C47H62ClN7O9S/c1-8-27-19-47(27,41(58)60-7)53-39(56)33-17-28(22-55(33)40(57)38(44(4,5)6)52-43(59)64-29-20-45-24-46(45,21-29)25-45)63-35-18-31(32-23-65-42(51-32)49-26(2)3)50-37-30(35)9-10-34(36(37)48)62-16-13-54-11-14-61-15-12-54/h9-10,18,23,26-29,33,38H,8,11-17,19-22,24-25H2,1-7H3,(H,49,51)(H,52,59)(H,53,56)/t27-,28-,29?,33+,38-,45?,46?,47-/m1/s1. The van der Waals surface area contributed by atoms with Gasteiger partial charge >= 0.3 is 12.1 Å². The van der Waals surface area contributed by atoms with Crippen LogP contribution in [0.1, 0.15) is 86.5 Å². The van der Waals surface area contributed by atoms with E-state index < -0.39 is 53.0 Å². The summed E-state index contributed by atoms with van der Waals surface area (Å²) in [6.45, 7) is 15.8. The number of rotatable bonds is 16. The number of nitrogens with one attached hydrogen (secondary N) is 3. The fourth-order valence-electron chi connectivity index (χ4n) is 10.7. The van der Waals surface area contributed by atoms with Crippen LogP contribution in [0.4, 0.5) is 9.93 Å². The number of anilines is 1. The van der Waals surface area contributed by atoms with E-state index in [0.717, 1.165) is 31.1 Å². The van der Waals surface area contributed by atoms with E-state index in [1.165, 1.54) is 36.2 Å². The highest BCUT2D eigenvalue weighted by Crippen LogP contribution is 2.93. The Morgan fingerprint density at radius 1 is 1.02 bits per heavy atom. The molecule has 65 heavy (non-hydrogen) atoms. The molecule has 16 nitrogen and oxygen atoms in total. The number of nitrogens with zero attached hydrogens (tertiary/aromatic N) is 4. The molecule has 0 spiro atoms. The Kier molecular flexibility index (Phi) is 12.2. The van der Waals surface area contributed by atoms with E-state index in [0.29, 0.717) is 88.8 Å². The average molecular weight is 937 g/mol. The second-order valence-corrected chi connectivity index (χ2v) is 21.7. The maximum absolute atomic E-state index is 15.0. The molecule has 9 rings (SSSR count). The fourth-order valence-corrected chi connectivity index (χ4v) is 11.8. The number of alkyl carbamates (subject to hydrolysis) is 1. The van der Waals surface area contributed by atoms with E-state index in [-0.39, 0.29) is 31.0 Å². The predicted molar refractivity (Wildman–Crippen MR) is 245 cm³/mol. The number of carbonyl (C=O) groups is 4. The molecule has 3 amide bonds. The van der Waals surface area contributed by atoms with Crippen LogP contribution < -0.4 is 25.4 Å². The van der Waals surface area contributed by atoms with E-state index in [1.54, 1.807) is 12.1 Å². The number of benzene rings is 1. The van der Waals surface area contributed by atoms with Crippen LogP contribution in [0.15, 0.2) is 23.6 Å². The van der Waals surface area contributed by atoms with Crippen molar-refractivity contribution in [1.29, 1.82) is 0 Å². The highest BCUT2D eigenvalue weighted by Gasteiger charge is 2.86. The van der Waals surface area contributed by atoms with Crippen molar-refractivity contribution in [2.45, 2.75) is 122 Å². The number of hydrogen-bond acceptors (Lipinski definition) is 14. The Hall–Kier alpha value is -4.45. The third kappa shape index (κ3) is 8.94. The molecule has 2 aromatic heterocycles. The maximum atomic E-state index is 15.0. The summed E-state index contributed by atoms with van der Waals surface area (Å²) in [4.78, 5) is 69.7. The van der Waals surface area contributed by atoms with Crippen molar-refractivity contribution in [2.75, 3.05) is 58.4 Å². The van der Waals surface area contributed by atoms with Gasteiger partial charge in [0.25, 0.3) is 0 Å². The predicted octanol–water partition coefficient (Wildman–Crippen LogP) is 6.43. The van der Waals surface area contributed by atoms with Crippen molar-refractivity contribution in [3.63, 3.8) is 0 Å². The summed E-state index contributed by atoms with van der Waals surface area (Å²) in [5, 5.41) is 12.8. The van der Waals surface area contributed by atoms with Crippen LogP contribution >= 0.6 is 22.9 Å². The molecule has 1 aromatic carbocycles. The minimum absolute atomic E-state index is 0.00506. The van der Waals surface area contributed by atoms with Crippen molar-refractivity contribution in [3.8, 4) is 22.9 Å². The van der Waals surface area contributed by atoms with E-state index in [9.17, 15) is 19.2 Å². The van der Waals surface area contributed by atoms with Crippen molar-refractivity contribution in [3.05, 3.63) is 28.6 Å². The van der Waals surface area contributed by atoms with E-state index in [4.69, 9.17) is 45.3 Å². The summed E-state index contributed by atoms with van der Waals surface area (Å²) in [6, 6.07) is 3.53. The van der Waals surface area contributed by atoms with Gasteiger partial charge in [0, 0.05) is 48.9 Å². The summed E-state index contributed by atoms with van der Waals surface area (Å²) >= 11 is 8.59. The van der Waals surface area contributed by atoms with Gasteiger partial charge in [-0.3, -0.25) is 14.5 Å². The van der Waals surface area contributed by atoms with Gasteiger partial charge in [-0.1, -0.05) is 45.7 Å². The first kappa shape index (κ1) is 45.7. The second kappa shape index (κ2) is 17.3. The molecule has 0 unspecified atom stereocenters. The minimum Gasteiger partial charge on any atom is -0.491 e. The molecular weight excluding hydrogens is 874 g/mol. The zero-order valence-electron chi connectivity index (χ0n) is 38.4. The number of esters is 1. The Morgan fingerprint density at radius 2 is 1.75 bits per heavy atom. The quantitative estimate of drug-likeness (QED) is 0.134. The van der Waals surface area contributed by atoms with Crippen LogP contribution in [0, 0.1) is 22.2 Å². The average Bonchev–Trinajstić information content (AvgIpc) is 4.04. The van der Waals surface area contributed by atoms with Crippen molar-refractivity contribution in [1.82, 2.24) is 30.4 Å². The molecule has 352 valence electrons. The molecule has 5 atom stereocenters. The van der Waals surface area contributed by atoms with Gasteiger partial charge in [0.15, 0.2) is 5.13 Å². The summed E-state index contributed by atoms with van der Waals surface area (Å²) in [5.74, 6) is -0.688. The van der Waals surface area contributed by atoms with Gasteiger partial charge in [-0.15, -0.1) is 11.3 Å². The number of methoxy groups -OCH3 is 1. The molecule has 2 aliphatic heterocycles. The monoisotopic (exact) mass is 935 g/mol.